The summed E-state index contributed by atoms with van der Waals surface area (Å²) in [7, 11) is 1.47. The zero-order valence-corrected chi connectivity index (χ0v) is 35.7. The van der Waals surface area contributed by atoms with Crippen LogP contribution in [0.15, 0.2) is 42.5 Å². The number of hydrogen-bond acceptors (Lipinski definition) is 14. The van der Waals surface area contributed by atoms with Gasteiger partial charge in [-0.25, -0.2) is 9.18 Å². The molecule has 14 nitrogen and oxygen atoms in total. The van der Waals surface area contributed by atoms with E-state index in [2.05, 4.69) is 0 Å². The Morgan fingerprint density at radius 2 is 1.64 bits per heavy atom. The number of benzene rings is 2. The van der Waals surface area contributed by atoms with Gasteiger partial charge < -0.3 is 53.6 Å². The van der Waals surface area contributed by atoms with Crippen LogP contribution < -0.4 is 4.74 Å². The van der Waals surface area contributed by atoms with Crippen LogP contribution in [0.25, 0.3) is 0 Å². The number of fused-ring (bicyclic) bond motifs is 5. The molecule has 61 heavy (non-hydrogen) atoms. The number of aryl methyl sites for hydroxylation is 1. The SMILES string of the molecule is COc1ccc(C(=O)OC2C(OC3C(F)COC(OC4CC5C6CCc7cc(O)ccc7C6CCC5(C)C4(O)C(C)C(=O)CCC(C)C)C3OC(C)=O)OCC(O)C2O)cc1. The topological polar surface area (TPSA) is 197 Å². The van der Waals surface area contributed by atoms with Crippen molar-refractivity contribution in [3.05, 3.63) is 59.2 Å². The monoisotopic (exact) mass is 856 g/mol. The van der Waals surface area contributed by atoms with Crippen molar-refractivity contribution in [1.82, 2.24) is 0 Å². The zero-order valence-electron chi connectivity index (χ0n) is 35.7. The molecule has 2 aliphatic heterocycles. The molecule has 0 radical (unpaired) electrons. The number of methoxy groups -OCH3 is 1. The number of rotatable bonds is 13. The van der Waals surface area contributed by atoms with Crippen molar-refractivity contribution >= 4 is 17.7 Å². The van der Waals surface area contributed by atoms with Crippen LogP contribution >= 0.6 is 0 Å². The third kappa shape index (κ3) is 8.68. The number of phenolic OH excluding ortho intramolecular Hbond substituents is 1. The highest BCUT2D eigenvalue weighted by Gasteiger charge is 2.69. The van der Waals surface area contributed by atoms with E-state index in [0.717, 1.165) is 31.7 Å². The summed E-state index contributed by atoms with van der Waals surface area (Å²) in [5.74, 6) is -1.53. The molecular formula is C46H61FO14. The van der Waals surface area contributed by atoms with Crippen molar-refractivity contribution < 1.29 is 72.4 Å². The van der Waals surface area contributed by atoms with E-state index in [0.29, 0.717) is 25.0 Å². The van der Waals surface area contributed by atoms with Crippen LogP contribution in [0.3, 0.4) is 0 Å². The predicted octanol–water partition coefficient (Wildman–Crippen LogP) is 4.94. The van der Waals surface area contributed by atoms with Gasteiger partial charge in [0.1, 0.15) is 41.2 Å². The minimum atomic E-state index is -1.95. The Morgan fingerprint density at radius 3 is 2.33 bits per heavy atom. The Kier molecular flexibility index (Phi) is 13.5. The van der Waals surface area contributed by atoms with Crippen LogP contribution in [0.2, 0.25) is 0 Å². The van der Waals surface area contributed by atoms with Crippen LogP contribution in [0, 0.1) is 29.1 Å². The van der Waals surface area contributed by atoms with Gasteiger partial charge in [0.15, 0.2) is 31.0 Å². The van der Waals surface area contributed by atoms with Crippen LogP contribution in [0.5, 0.6) is 11.5 Å². The molecule has 0 amide bonds. The lowest BCUT2D eigenvalue weighted by molar-refractivity contribution is -0.339. The molecule has 5 aliphatic rings. The maximum atomic E-state index is 16.2. The number of aliphatic hydroxyl groups is 3. The average molecular weight is 857 g/mol. The number of esters is 2. The van der Waals surface area contributed by atoms with Crippen molar-refractivity contribution in [3.63, 3.8) is 0 Å². The first-order valence-corrected chi connectivity index (χ1v) is 21.6. The number of phenols is 1. The van der Waals surface area contributed by atoms with E-state index in [1.165, 1.54) is 36.9 Å². The van der Waals surface area contributed by atoms with Gasteiger partial charge in [-0.3, -0.25) is 9.59 Å². The van der Waals surface area contributed by atoms with E-state index in [-0.39, 0.29) is 47.2 Å². The van der Waals surface area contributed by atoms with E-state index in [4.69, 9.17) is 33.2 Å². The summed E-state index contributed by atoms with van der Waals surface area (Å²) in [6.45, 7) is 7.95. The lowest BCUT2D eigenvalue weighted by atomic mass is 9.51. The number of carbonyl (C=O) groups is 3. The molecule has 7 rings (SSSR count). The Balaban J connectivity index is 1.18. The molecule has 3 aliphatic carbocycles. The van der Waals surface area contributed by atoms with E-state index >= 15 is 4.39 Å². The maximum Gasteiger partial charge on any atom is 0.338 e. The number of aromatic hydroxyl groups is 1. The van der Waals surface area contributed by atoms with Gasteiger partial charge in [0.2, 0.25) is 0 Å². The highest BCUT2D eigenvalue weighted by molar-refractivity contribution is 5.89. The molecule has 2 aromatic rings. The fraction of sp³-hybridized carbons (Fsp3) is 0.674. The summed E-state index contributed by atoms with van der Waals surface area (Å²) < 4.78 is 57.2. The van der Waals surface area contributed by atoms with Gasteiger partial charge in [-0.05, 0) is 110 Å². The molecule has 336 valence electrons. The number of halogens is 1. The standard InChI is InChI=1S/C46H61FO14/c1-23(2)7-16-35(50)24(3)46(54)37(20-33-32-14-10-27-19-28(49)11-15-30(27)31(32)17-18-45(33,46)5)59-44-41(58-25(4)48)39(34(47)21-56-44)61-43-40(38(52)36(51)22-57-43)60-42(53)26-8-12-29(55-6)13-9-26/h8-9,11-13,15,19,23-24,31-34,36-41,43-44,49,51-52,54H,7,10,14,16-18,20-22H2,1-6H3. The summed E-state index contributed by atoms with van der Waals surface area (Å²) in [5.41, 5.74) is -0.132. The third-order valence-corrected chi connectivity index (χ3v) is 14.3. The molecule has 4 fully saturated rings. The molecule has 15 heteroatoms. The molecular weight excluding hydrogens is 795 g/mol. The molecule has 0 spiro atoms. The summed E-state index contributed by atoms with van der Waals surface area (Å²) in [4.78, 5) is 40.0. The molecule has 0 aromatic heterocycles. The molecule has 2 heterocycles. The number of alkyl halides is 1. The molecule has 2 aromatic carbocycles. The van der Waals surface area contributed by atoms with Crippen LogP contribution in [-0.2, 0) is 44.4 Å². The minimum Gasteiger partial charge on any atom is -0.508 e. The van der Waals surface area contributed by atoms with Crippen molar-refractivity contribution in [2.24, 2.45) is 29.1 Å². The van der Waals surface area contributed by atoms with Gasteiger partial charge in [0.25, 0.3) is 0 Å². The van der Waals surface area contributed by atoms with Gasteiger partial charge in [0, 0.05) is 24.7 Å². The molecule has 2 saturated heterocycles. The first kappa shape index (κ1) is 45.3. The first-order chi connectivity index (χ1) is 29.0. The number of Topliss-reactive ketones (excluding diaryl/α,β-unsaturated/α-hetero) is 1. The second-order valence-corrected chi connectivity index (χ2v) is 18.3. The van der Waals surface area contributed by atoms with Gasteiger partial charge in [-0.2, -0.15) is 0 Å². The van der Waals surface area contributed by atoms with Crippen molar-refractivity contribution in [2.45, 2.75) is 146 Å². The zero-order chi connectivity index (χ0) is 44.0. The Labute approximate surface area is 355 Å². The highest BCUT2D eigenvalue weighted by atomic mass is 19.1. The quantitative estimate of drug-likeness (QED) is 0.198. The largest absolute Gasteiger partial charge is 0.508 e. The van der Waals surface area contributed by atoms with Crippen molar-refractivity contribution in [1.29, 1.82) is 0 Å². The van der Waals surface area contributed by atoms with E-state index in [1.54, 1.807) is 13.0 Å². The van der Waals surface area contributed by atoms with Crippen molar-refractivity contribution in [3.8, 4) is 11.5 Å². The van der Waals surface area contributed by atoms with Crippen molar-refractivity contribution in [2.75, 3.05) is 20.3 Å². The van der Waals surface area contributed by atoms with Gasteiger partial charge in [-0.15, -0.1) is 0 Å². The summed E-state index contributed by atoms with van der Waals surface area (Å²) in [6, 6.07) is 11.5. The summed E-state index contributed by atoms with van der Waals surface area (Å²) in [5, 5.41) is 45.1. The number of aliphatic hydroxyl groups excluding tert-OH is 2. The molecule has 15 unspecified atom stereocenters. The van der Waals surface area contributed by atoms with E-state index in [1.807, 2.05) is 32.9 Å². The number of hydrogen-bond donors (Lipinski definition) is 4. The Hall–Kier alpha value is -3.70. The smallest absolute Gasteiger partial charge is 0.338 e. The first-order valence-electron chi connectivity index (χ1n) is 21.6. The van der Waals surface area contributed by atoms with E-state index < -0.39 is 97.5 Å². The summed E-state index contributed by atoms with van der Waals surface area (Å²) in [6.07, 6.45) is -10.1. The van der Waals surface area contributed by atoms with Gasteiger partial charge in [0.05, 0.1) is 32.0 Å². The normalized spacial score (nSPS) is 37.5. The Morgan fingerprint density at radius 1 is 0.934 bits per heavy atom. The number of ether oxygens (including phenoxy) is 7. The van der Waals surface area contributed by atoms with Crippen LogP contribution in [-0.4, -0.2) is 119 Å². The molecule has 2 saturated carbocycles. The van der Waals surface area contributed by atoms with Crippen LogP contribution in [0.4, 0.5) is 4.39 Å². The lowest BCUT2D eigenvalue weighted by Crippen LogP contribution is -2.63. The van der Waals surface area contributed by atoms with Gasteiger partial charge in [-0.1, -0.05) is 33.8 Å². The second kappa shape index (κ2) is 18.2. The van der Waals surface area contributed by atoms with E-state index in [9.17, 15) is 34.8 Å². The molecule has 4 N–H and O–H groups in total. The molecule has 0 bridgehead atoms. The predicted molar refractivity (Wildman–Crippen MR) is 215 cm³/mol. The Bertz CT molecular complexity index is 1890. The second-order valence-electron chi connectivity index (χ2n) is 18.3. The molecule has 15 atom stereocenters. The van der Waals surface area contributed by atoms with Crippen LogP contribution in [0.1, 0.15) is 101 Å². The highest BCUT2D eigenvalue weighted by Crippen LogP contribution is 2.67. The average Bonchev–Trinajstić information content (AvgIpc) is 3.46. The lowest BCUT2D eigenvalue weighted by Gasteiger charge is -2.55. The third-order valence-electron chi connectivity index (χ3n) is 14.3. The summed E-state index contributed by atoms with van der Waals surface area (Å²) >= 11 is 0. The maximum absolute atomic E-state index is 16.2. The fourth-order valence-corrected chi connectivity index (χ4v) is 11.0. The van der Waals surface area contributed by atoms with Gasteiger partial charge >= 0.3 is 11.9 Å². The minimum absolute atomic E-state index is 0.0887. The fourth-order valence-electron chi connectivity index (χ4n) is 11.0. The number of ketones is 1. The number of carbonyl (C=O) groups excluding carboxylic acids is 3.